The zero-order valence-corrected chi connectivity index (χ0v) is 11.3. The van der Waals surface area contributed by atoms with Crippen molar-refractivity contribution in [2.45, 2.75) is 37.6 Å². The van der Waals surface area contributed by atoms with Crippen LogP contribution in [-0.2, 0) is 9.53 Å². The molecule has 3 atom stereocenters. The Hall–Kier alpha value is -0.910. The summed E-state index contributed by atoms with van der Waals surface area (Å²) in [5.41, 5.74) is 0. The molecule has 1 N–H and O–H groups in total. The van der Waals surface area contributed by atoms with Gasteiger partial charge in [0.1, 0.15) is 6.17 Å². The van der Waals surface area contributed by atoms with Gasteiger partial charge in [0.2, 0.25) is 5.91 Å². The Labute approximate surface area is 111 Å². The van der Waals surface area contributed by atoms with Crippen LogP contribution in [0.4, 0.5) is 0 Å². The van der Waals surface area contributed by atoms with Gasteiger partial charge in [-0.05, 0) is 30.7 Å². The number of hydrogen-bond donors (Lipinski definition) is 1. The summed E-state index contributed by atoms with van der Waals surface area (Å²) in [5.74, 6) is 0.197. The normalized spacial score (nSPS) is 32.4. The van der Waals surface area contributed by atoms with E-state index in [1.807, 2.05) is 11.0 Å². The quantitative estimate of drug-likeness (QED) is 0.906. The first-order chi connectivity index (χ1) is 8.81. The van der Waals surface area contributed by atoms with Gasteiger partial charge < -0.3 is 9.64 Å². The molecule has 2 fully saturated rings. The topological polar surface area (TPSA) is 41.6 Å². The molecule has 0 spiro atoms. The van der Waals surface area contributed by atoms with Gasteiger partial charge in [0.25, 0.3) is 0 Å². The second kappa shape index (κ2) is 4.99. The van der Waals surface area contributed by atoms with Crippen molar-refractivity contribution in [3.8, 4) is 0 Å². The van der Waals surface area contributed by atoms with Gasteiger partial charge in [-0.3, -0.25) is 10.1 Å². The SMILES string of the molecule is COC1CCCC1N1C(=O)CNC1c1cccs1. The van der Waals surface area contributed by atoms with Crippen molar-refractivity contribution < 1.29 is 9.53 Å². The summed E-state index contributed by atoms with van der Waals surface area (Å²) >= 11 is 1.70. The number of thiophene rings is 1. The van der Waals surface area contributed by atoms with Gasteiger partial charge in [-0.25, -0.2) is 0 Å². The number of carbonyl (C=O) groups excluding carboxylic acids is 1. The van der Waals surface area contributed by atoms with Gasteiger partial charge in [0.15, 0.2) is 0 Å². The molecule has 3 unspecified atom stereocenters. The highest BCUT2D eigenvalue weighted by Crippen LogP contribution is 2.35. The van der Waals surface area contributed by atoms with E-state index in [1.54, 1.807) is 18.4 Å². The maximum absolute atomic E-state index is 12.1. The second-order valence-electron chi connectivity index (χ2n) is 4.87. The number of nitrogens with one attached hydrogen (secondary N) is 1. The zero-order valence-electron chi connectivity index (χ0n) is 10.5. The molecule has 98 valence electrons. The molecule has 1 aliphatic carbocycles. The van der Waals surface area contributed by atoms with E-state index in [-0.39, 0.29) is 24.2 Å². The largest absolute Gasteiger partial charge is 0.379 e. The molecule has 1 amide bonds. The summed E-state index contributed by atoms with van der Waals surface area (Å²) in [5, 5.41) is 5.37. The first kappa shape index (κ1) is 12.1. The van der Waals surface area contributed by atoms with Crippen molar-refractivity contribution in [2.75, 3.05) is 13.7 Å². The van der Waals surface area contributed by atoms with Crippen LogP contribution in [0, 0.1) is 0 Å². The average molecular weight is 266 g/mol. The van der Waals surface area contributed by atoms with Crippen LogP contribution in [0.3, 0.4) is 0 Å². The molecule has 4 nitrogen and oxygen atoms in total. The monoisotopic (exact) mass is 266 g/mol. The van der Waals surface area contributed by atoms with Gasteiger partial charge >= 0.3 is 0 Å². The lowest BCUT2D eigenvalue weighted by atomic mass is 10.1. The van der Waals surface area contributed by atoms with Gasteiger partial charge in [-0.1, -0.05) is 6.07 Å². The van der Waals surface area contributed by atoms with Gasteiger partial charge in [-0.2, -0.15) is 0 Å². The Morgan fingerprint density at radius 3 is 3.11 bits per heavy atom. The summed E-state index contributed by atoms with van der Waals surface area (Å²) in [6.45, 7) is 0.440. The summed E-state index contributed by atoms with van der Waals surface area (Å²) in [6.07, 6.45) is 3.48. The van der Waals surface area contributed by atoms with Gasteiger partial charge in [0.05, 0.1) is 18.7 Å². The molecule has 2 heterocycles. The fraction of sp³-hybridized carbons (Fsp3) is 0.615. The molecule has 3 rings (SSSR count). The highest BCUT2D eigenvalue weighted by molar-refractivity contribution is 7.10. The van der Waals surface area contributed by atoms with E-state index < -0.39 is 0 Å². The number of amides is 1. The summed E-state index contributed by atoms with van der Waals surface area (Å²) in [7, 11) is 1.75. The number of rotatable bonds is 3. The Bertz CT molecular complexity index is 421. The smallest absolute Gasteiger partial charge is 0.238 e. The van der Waals surface area contributed by atoms with E-state index in [0.717, 1.165) is 19.3 Å². The molecule has 0 bridgehead atoms. The molecule has 1 aliphatic heterocycles. The van der Waals surface area contributed by atoms with Crippen LogP contribution in [0.25, 0.3) is 0 Å². The van der Waals surface area contributed by atoms with Crippen LogP contribution in [0.5, 0.6) is 0 Å². The molecular formula is C13H18N2O2S. The average Bonchev–Trinajstić information content (AvgIpc) is 3.07. The summed E-state index contributed by atoms with van der Waals surface area (Å²) in [4.78, 5) is 15.4. The molecule has 18 heavy (non-hydrogen) atoms. The molecule has 1 saturated heterocycles. The minimum atomic E-state index is 0.0400. The Balaban J connectivity index is 1.85. The lowest BCUT2D eigenvalue weighted by molar-refractivity contribution is -0.132. The number of ether oxygens (including phenoxy) is 1. The van der Waals surface area contributed by atoms with E-state index in [4.69, 9.17) is 4.74 Å². The summed E-state index contributed by atoms with van der Waals surface area (Å²) < 4.78 is 5.53. The lowest BCUT2D eigenvalue weighted by Crippen LogP contribution is -2.44. The molecular weight excluding hydrogens is 248 g/mol. The van der Waals surface area contributed by atoms with Crippen molar-refractivity contribution in [3.63, 3.8) is 0 Å². The molecule has 0 radical (unpaired) electrons. The number of carbonyl (C=O) groups is 1. The van der Waals surface area contributed by atoms with Crippen molar-refractivity contribution in [2.24, 2.45) is 0 Å². The van der Waals surface area contributed by atoms with Crippen LogP contribution >= 0.6 is 11.3 Å². The Kier molecular flexibility index (Phi) is 3.37. The molecule has 2 aliphatic rings. The van der Waals surface area contributed by atoms with Gasteiger partial charge in [-0.15, -0.1) is 11.3 Å². The number of hydrogen-bond acceptors (Lipinski definition) is 4. The molecule has 1 saturated carbocycles. The number of methoxy groups -OCH3 is 1. The van der Waals surface area contributed by atoms with Gasteiger partial charge in [0, 0.05) is 12.0 Å². The van der Waals surface area contributed by atoms with E-state index in [0.29, 0.717) is 6.54 Å². The molecule has 1 aromatic heterocycles. The third-order valence-electron chi connectivity index (χ3n) is 3.90. The third-order valence-corrected chi connectivity index (χ3v) is 4.83. The fourth-order valence-corrected chi connectivity index (χ4v) is 3.88. The maximum atomic E-state index is 12.1. The Morgan fingerprint density at radius 2 is 2.39 bits per heavy atom. The fourth-order valence-electron chi connectivity index (χ4n) is 3.08. The van der Waals surface area contributed by atoms with E-state index in [1.165, 1.54) is 4.88 Å². The standard InChI is InChI=1S/C13H18N2O2S/c1-17-10-5-2-4-9(10)15-12(16)8-14-13(15)11-6-3-7-18-11/h3,6-7,9-10,13-14H,2,4-5,8H2,1H3. The first-order valence-electron chi connectivity index (χ1n) is 6.42. The minimum Gasteiger partial charge on any atom is -0.379 e. The first-order valence-corrected chi connectivity index (χ1v) is 7.30. The van der Waals surface area contributed by atoms with Crippen LogP contribution < -0.4 is 5.32 Å². The van der Waals surface area contributed by atoms with E-state index in [2.05, 4.69) is 16.8 Å². The lowest BCUT2D eigenvalue weighted by Gasteiger charge is -2.33. The highest BCUT2D eigenvalue weighted by Gasteiger charge is 2.42. The van der Waals surface area contributed by atoms with E-state index in [9.17, 15) is 4.79 Å². The van der Waals surface area contributed by atoms with Crippen molar-refractivity contribution >= 4 is 17.2 Å². The highest BCUT2D eigenvalue weighted by atomic mass is 32.1. The van der Waals surface area contributed by atoms with Crippen LogP contribution in [0.2, 0.25) is 0 Å². The van der Waals surface area contributed by atoms with Crippen molar-refractivity contribution in [1.82, 2.24) is 10.2 Å². The Morgan fingerprint density at radius 1 is 1.50 bits per heavy atom. The maximum Gasteiger partial charge on any atom is 0.238 e. The third kappa shape index (κ3) is 1.96. The predicted molar refractivity (Wildman–Crippen MR) is 70.3 cm³/mol. The van der Waals surface area contributed by atoms with Crippen LogP contribution in [-0.4, -0.2) is 36.6 Å². The van der Waals surface area contributed by atoms with Crippen molar-refractivity contribution in [1.29, 1.82) is 0 Å². The molecule has 5 heteroatoms. The van der Waals surface area contributed by atoms with Crippen LogP contribution in [0.1, 0.15) is 30.3 Å². The second-order valence-corrected chi connectivity index (χ2v) is 5.85. The molecule has 0 aromatic carbocycles. The number of nitrogens with zero attached hydrogens (tertiary/aromatic N) is 1. The zero-order chi connectivity index (χ0) is 12.5. The van der Waals surface area contributed by atoms with Crippen molar-refractivity contribution in [3.05, 3.63) is 22.4 Å². The van der Waals surface area contributed by atoms with E-state index >= 15 is 0 Å². The summed E-state index contributed by atoms with van der Waals surface area (Å²) in [6, 6.07) is 4.35. The molecule has 1 aromatic rings. The predicted octanol–water partition coefficient (Wildman–Crippen LogP) is 1.75. The minimum absolute atomic E-state index is 0.0400. The van der Waals surface area contributed by atoms with Crippen LogP contribution in [0.15, 0.2) is 17.5 Å².